The zero-order chi connectivity index (χ0) is 10.1. The zero-order valence-corrected chi connectivity index (χ0v) is 8.83. The van der Waals surface area contributed by atoms with Crippen molar-refractivity contribution >= 4 is 0 Å². The van der Waals surface area contributed by atoms with Gasteiger partial charge in [0.05, 0.1) is 12.7 Å². The average molecular weight is 177 g/mol. The first kappa shape index (κ1) is 14.4. The van der Waals surface area contributed by atoms with E-state index in [-0.39, 0.29) is 6.61 Å². The highest BCUT2D eigenvalue weighted by Crippen LogP contribution is 1.80. The van der Waals surface area contributed by atoms with Crippen LogP contribution < -0.4 is 5.32 Å². The molecule has 1 atom stereocenters. The minimum absolute atomic E-state index is 0.139. The molecule has 0 aliphatic rings. The number of rotatable bonds is 3. The van der Waals surface area contributed by atoms with Gasteiger partial charge in [0.25, 0.3) is 0 Å². The fourth-order valence-corrected chi connectivity index (χ4v) is 0.667. The minimum Gasteiger partial charge on any atom is -0.394 e. The van der Waals surface area contributed by atoms with Gasteiger partial charge in [-0.25, -0.2) is 0 Å². The highest BCUT2D eigenvalue weighted by molar-refractivity contribution is 4.55. The molecule has 3 heteroatoms. The van der Waals surface area contributed by atoms with E-state index in [1.165, 1.54) is 6.92 Å². The lowest BCUT2D eigenvalue weighted by Gasteiger charge is -2.10. The Balaban J connectivity index is 0. The summed E-state index contributed by atoms with van der Waals surface area (Å²) < 4.78 is 0. The van der Waals surface area contributed by atoms with Crippen molar-refractivity contribution in [3.8, 4) is 0 Å². The summed E-state index contributed by atoms with van der Waals surface area (Å²) in [6.45, 7) is 10.0. The Morgan fingerprint density at radius 2 is 1.25 bits per heavy atom. The van der Waals surface area contributed by atoms with Gasteiger partial charge in [-0.1, -0.05) is 27.7 Å². The van der Waals surface area contributed by atoms with E-state index in [9.17, 15) is 0 Å². The molecule has 0 fully saturated rings. The largest absolute Gasteiger partial charge is 0.394 e. The number of nitrogens with one attached hydrogen (secondary N) is 1. The third-order valence-corrected chi connectivity index (χ3v) is 0.931. The lowest BCUT2D eigenvalue weighted by molar-refractivity contribution is 0.110. The molecule has 3 nitrogen and oxygen atoms in total. The van der Waals surface area contributed by atoms with Crippen molar-refractivity contribution < 1.29 is 10.2 Å². The molecule has 0 aliphatic carbocycles. The second kappa shape index (κ2) is 8.97. The molecule has 0 bridgehead atoms. The lowest BCUT2D eigenvalue weighted by atomic mass is 10.3. The highest BCUT2D eigenvalue weighted by atomic mass is 16.3. The van der Waals surface area contributed by atoms with Crippen LogP contribution in [0, 0.1) is 0 Å². The maximum Gasteiger partial charge on any atom is 0.0742 e. The van der Waals surface area contributed by atoms with Crippen LogP contribution in [-0.4, -0.2) is 35.0 Å². The van der Waals surface area contributed by atoms with E-state index in [4.69, 9.17) is 10.2 Å². The monoisotopic (exact) mass is 177 g/mol. The molecular formula is C9H23NO2. The normalized spacial score (nSPS) is 12.8. The van der Waals surface area contributed by atoms with Crippen LogP contribution in [0.3, 0.4) is 0 Å². The molecule has 0 radical (unpaired) electrons. The highest BCUT2D eigenvalue weighted by Gasteiger charge is 1.92. The lowest BCUT2D eigenvalue weighted by Crippen LogP contribution is -2.29. The van der Waals surface area contributed by atoms with Gasteiger partial charge in [-0.3, -0.25) is 0 Å². The summed E-state index contributed by atoms with van der Waals surface area (Å²) in [6.07, 6.45) is -0.560. The summed E-state index contributed by atoms with van der Waals surface area (Å²) in [5.41, 5.74) is 0. The Morgan fingerprint density at radius 1 is 1.00 bits per heavy atom. The Labute approximate surface area is 75.8 Å². The quantitative estimate of drug-likeness (QED) is 0.596. The smallest absolute Gasteiger partial charge is 0.0742 e. The predicted octanol–water partition coefficient (Wildman–Crippen LogP) is 0.752. The molecule has 0 rings (SSSR count). The molecule has 1 unspecified atom stereocenters. The van der Waals surface area contributed by atoms with Crippen LogP contribution >= 0.6 is 0 Å². The molecule has 0 aromatic heterocycles. The van der Waals surface area contributed by atoms with Crippen LogP contribution in [0.15, 0.2) is 0 Å². The SMILES string of the molecule is CC(C)NC(C)C.CC(O)CO. The Kier molecular flexibility index (Phi) is 10.8. The van der Waals surface area contributed by atoms with Crippen molar-refractivity contribution in [2.75, 3.05) is 6.61 Å². The molecule has 0 aliphatic heterocycles. The van der Waals surface area contributed by atoms with Gasteiger partial charge >= 0.3 is 0 Å². The van der Waals surface area contributed by atoms with Crippen LogP contribution in [-0.2, 0) is 0 Å². The molecule has 76 valence electrons. The third kappa shape index (κ3) is 22.5. The first-order valence-electron chi connectivity index (χ1n) is 4.45. The van der Waals surface area contributed by atoms with E-state index in [2.05, 4.69) is 33.0 Å². The summed E-state index contributed by atoms with van der Waals surface area (Å²) >= 11 is 0. The fourth-order valence-electron chi connectivity index (χ4n) is 0.667. The maximum atomic E-state index is 8.11. The molecule has 0 saturated carbocycles. The number of hydrogen-bond acceptors (Lipinski definition) is 3. The zero-order valence-electron chi connectivity index (χ0n) is 8.83. The van der Waals surface area contributed by atoms with Crippen molar-refractivity contribution in [1.29, 1.82) is 0 Å². The standard InChI is InChI=1S/C6H15N.C3H8O2/c1-5(2)7-6(3)4;1-3(5)2-4/h5-7H,1-4H3;3-5H,2H2,1H3. The first-order valence-corrected chi connectivity index (χ1v) is 4.45. The van der Waals surface area contributed by atoms with Gasteiger partial charge in [0.2, 0.25) is 0 Å². The summed E-state index contributed by atoms with van der Waals surface area (Å²) in [5.74, 6) is 0. The van der Waals surface area contributed by atoms with Gasteiger partial charge < -0.3 is 15.5 Å². The van der Waals surface area contributed by atoms with Gasteiger partial charge in [-0.05, 0) is 6.92 Å². The van der Waals surface area contributed by atoms with Crippen molar-refractivity contribution in [3.05, 3.63) is 0 Å². The van der Waals surface area contributed by atoms with Crippen molar-refractivity contribution in [1.82, 2.24) is 5.32 Å². The average Bonchev–Trinajstić information content (AvgIpc) is 1.85. The van der Waals surface area contributed by atoms with E-state index in [0.717, 1.165) is 0 Å². The second-order valence-electron chi connectivity index (χ2n) is 3.51. The first-order chi connectivity index (χ1) is 5.40. The van der Waals surface area contributed by atoms with Crippen LogP contribution in [0.25, 0.3) is 0 Å². The molecule has 3 N–H and O–H groups in total. The van der Waals surface area contributed by atoms with Gasteiger partial charge in [0.1, 0.15) is 0 Å². The Morgan fingerprint density at radius 3 is 1.25 bits per heavy atom. The van der Waals surface area contributed by atoms with Gasteiger partial charge in [0.15, 0.2) is 0 Å². The Bertz CT molecular complexity index is 76.6. The summed E-state index contributed by atoms with van der Waals surface area (Å²) in [4.78, 5) is 0. The van der Waals surface area contributed by atoms with E-state index in [0.29, 0.717) is 12.1 Å². The van der Waals surface area contributed by atoms with Crippen LogP contribution in [0.5, 0.6) is 0 Å². The topological polar surface area (TPSA) is 52.5 Å². The van der Waals surface area contributed by atoms with Gasteiger partial charge in [-0.15, -0.1) is 0 Å². The number of aliphatic hydroxyl groups is 2. The molecule has 0 spiro atoms. The van der Waals surface area contributed by atoms with E-state index >= 15 is 0 Å². The summed E-state index contributed by atoms with van der Waals surface area (Å²) in [6, 6.07) is 1.25. The van der Waals surface area contributed by atoms with Gasteiger partial charge in [0, 0.05) is 12.1 Å². The molecule has 0 saturated heterocycles. The molecule has 0 heterocycles. The molecule has 12 heavy (non-hydrogen) atoms. The minimum atomic E-state index is -0.560. The third-order valence-electron chi connectivity index (χ3n) is 0.931. The summed E-state index contributed by atoms with van der Waals surface area (Å²) in [7, 11) is 0. The van der Waals surface area contributed by atoms with Gasteiger partial charge in [-0.2, -0.15) is 0 Å². The fraction of sp³-hybridized carbons (Fsp3) is 1.00. The maximum absolute atomic E-state index is 8.11. The van der Waals surface area contributed by atoms with Crippen molar-refractivity contribution in [2.45, 2.75) is 52.8 Å². The molecule has 0 aromatic rings. The molecule has 0 amide bonds. The van der Waals surface area contributed by atoms with Crippen molar-refractivity contribution in [3.63, 3.8) is 0 Å². The van der Waals surface area contributed by atoms with E-state index in [1.54, 1.807) is 0 Å². The van der Waals surface area contributed by atoms with E-state index < -0.39 is 6.10 Å². The second-order valence-corrected chi connectivity index (χ2v) is 3.51. The molecular weight excluding hydrogens is 154 g/mol. The predicted molar refractivity (Wildman–Crippen MR) is 52.2 cm³/mol. The summed E-state index contributed by atoms with van der Waals surface area (Å²) in [5, 5.41) is 19.3. The van der Waals surface area contributed by atoms with Crippen LogP contribution in [0.2, 0.25) is 0 Å². The van der Waals surface area contributed by atoms with Crippen LogP contribution in [0.1, 0.15) is 34.6 Å². The number of hydrogen-bond donors (Lipinski definition) is 3. The van der Waals surface area contributed by atoms with Crippen molar-refractivity contribution in [2.24, 2.45) is 0 Å². The number of aliphatic hydroxyl groups excluding tert-OH is 2. The Hall–Kier alpha value is -0.120. The van der Waals surface area contributed by atoms with E-state index in [1.807, 2.05) is 0 Å². The molecule has 0 aromatic carbocycles. The van der Waals surface area contributed by atoms with Crippen LogP contribution in [0.4, 0.5) is 0 Å².